The summed E-state index contributed by atoms with van der Waals surface area (Å²) in [5, 5.41) is 2.49. The number of imidazole rings is 2. The highest BCUT2D eigenvalue weighted by Crippen LogP contribution is 2.29. The number of aromatic amines is 2. The van der Waals surface area contributed by atoms with Crippen molar-refractivity contribution in [3.05, 3.63) is 60.7 Å². The average molecular weight is 718 g/mol. The summed E-state index contributed by atoms with van der Waals surface area (Å²) in [6.45, 7) is 6.52. The minimum atomic E-state index is -0.368. The van der Waals surface area contributed by atoms with Crippen LogP contribution in [0, 0.1) is 12.3 Å². The van der Waals surface area contributed by atoms with E-state index in [4.69, 9.17) is 21.1 Å². The molecule has 1 aliphatic rings. The number of likely N-dealkylation sites (N-methyl/N-ethyl adjacent to an activating group) is 2. The second kappa shape index (κ2) is 17.1. The minimum Gasteiger partial charge on any atom is -0.494 e. The van der Waals surface area contributed by atoms with Crippen LogP contribution in [-0.4, -0.2) is 125 Å². The van der Waals surface area contributed by atoms with Gasteiger partial charge in [0.05, 0.1) is 41.8 Å². The van der Waals surface area contributed by atoms with E-state index in [-0.39, 0.29) is 43.8 Å². The highest BCUT2D eigenvalue weighted by molar-refractivity contribution is 5.89. The van der Waals surface area contributed by atoms with Crippen molar-refractivity contribution in [1.82, 2.24) is 40.0 Å². The summed E-state index contributed by atoms with van der Waals surface area (Å²) in [5.74, 6) is 3.74. The lowest BCUT2D eigenvalue weighted by Gasteiger charge is -2.34. The van der Waals surface area contributed by atoms with Gasteiger partial charge in [-0.15, -0.1) is 6.42 Å². The Morgan fingerprint density at radius 2 is 1.58 bits per heavy atom. The molecule has 0 spiro atoms. The van der Waals surface area contributed by atoms with Gasteiger partial charge in [-0.25, -0.2) is 9.97 Å². The molecule has 0 aliphatic carbocycles. The van der Waals surface area contributed by atoms with Crippen LogP contribution in [0.5, 0.6) is 5.75 Å². The molecule has 13 heteroatoms. The number of hydrogen-bond donors (Lipinski definition) is 3. The van der Waals surface area contributed by atoms with E-state index in [9.17, 15) is 14.4 Å². The number of rotatable bonds is 15. The van der Waals surface area contributed by atoms with Crippen molar-refractivity contribution >= 4 is 45.5 Å². The smallest absolute Gasteiger partial charge is 0.243 e. The first-order valence-corrected chi connectivity index (χ1v) is 18.1. The molecule has 0 radical (unpaired) electrons. The zero-order valence-electron chi connectivity index (χ0n) is 30.7. The lowest BCUT2D eigenvalue weighted by Crippen LogP contribution is -2.46. The molecular weight excluding hydrogens is 670 g/mol. The van der Waals surface area contributed by atoms with E-state index in [1.54, 1.807) is 0 Å². The van der Waals surface area contributed by atoms with E-state index in [1.807, 2.05) is 43.3 Å². The summed E-state index contributed by atoms with van der Waals surface area (Å²) >= 11 is 0. The van der Waals surface area contributed by atoms with Crippen LogP contribution < -0.4 is 15.0 Å². The summed E-state index contributed by atoms with van der Waals surface area (Å²) in [4.78, 5) is 62.0. The molecule has 1 saturated heterocycles. The number of nitrogens with zero attached hydrogens (tertiary/aromatic N) is 6. The first-order valence-electron chi connectivity index (χ1n) is 18.1. The van der Waals surface area contributed by atoms with Gasteiger partial charge in [-0.2, -0.15) is 0 Å². The number of benzene rings is 3. The van der Waals surface area contributed by atoms with Gasteiger partial charge in [-0.1, -0.05) is 25.0 Å². The van der Waals surface area contributed by atoms with Crippen molar-refractivity contribution in [2.75, 3.05) is 78.0 Å². The molecule has 0 bridgehead atoms. The van der Waals surface area contributed by atoms with E-state index in [2.05, 4.69) is 62.3 Å². The molecule has 53 heavy (non-hydrogen) atoms. The highest BCUT2D eigenvalue weighted by Gasteiger charge is 2.22. The topological polar surface area (TPSA) is 143 Å². The summed E-state index contributed by atoms with van der Waals surface area (Å²) < 4.78 is 6.03. The number of nitrogens with one attached hydrogen (secondary N) is 3. The number of amides is 3. The minimum absolute atomic E-state index is 0.0106. The Morgan fingerprint density at radius 3 is 2.28 bits per heavy atom. The lowest BCUT2D eigenvalue weighted by atomic mass is 10.2. The van der Waals surface area contributed by atoms with Gasteiger partial charge in [0.1, 0.15) is 23.9 Å². The predicted octanol–water partition coefficient (Wildman–Crippen LogP) is 4.13. The maximum absolute atomic E-state index is 13.1. The zero-order valence-corrected chi connectivity index (χ0v) is 30.7. The molecule has 3 amide bonds. The van der Waals surface area contributed by atoms with Gasteiger partial charge in [-0.05, 0) is 68.4 Å². The molecule has 3 aromatic carbocycles. The normalized spacial score (nSPS) is 13.2. The van der Waals surface area contributed by atoms with Gasteiger partial charge < -0.3 is 39.6 Å². The van der Waals surface area contributed by atoms with E-state index in [0.29, 0.717) is 31.7 Å². The molecule has 13 nitrogen and oxygen atoms in total. The van der Waals surface area contributed by atoms with Crippen LogP contribution in [0.25, 0.3) is 44.8 Å². The van der Waals surface area contributed by atoms with Gasteiger partial charge >= 0.3 is 0 Å². The molecule has 5 aromatic rings. The van der Waals surface area contributed by atoms with E-state index >= 15 is 0 Å². The van der Waals surface area contributed by atoms with Crippen LogP contribution in [0.3, 0.4) is 0 Å². The van der Waals surface area contributed by atoms with E-state index in [1.165, 1.54) is 22.5 Å². The second-order valence-electron chi connectivity index (χ2n) is 13.3. The highest BCUT2D eigenvalue weighted by atomic mass is 16.5. The fourth-order valence-electron chi connectivity index (χ4n) is 6.41. The Morgan fingerprint density at radius 1 is 0.887 bits per heavy atom. The monoisotopic (exact) mass is 717 g/mol. The number of anilines is 1. The van der Waals surface area contributed by atoms with Gasteiger partial charge in [0.15, 0.2) is 0 Å². The van der Waals surface area contributed by atoms with Crippen molar-refractivity contribution < 1.29 is 19.1 Å². The lowest BCUT2D eigenvalue weighted by molar-refractivity contribution is -0.141. The third kappa shape index (κ3) is 9.14. The first kappa shape index (κ1) is 36.9. The number of ether oxygens (including phenoxy) is 1. The number of hydrogen-bond acceptors (Lipinski definition) is 8. The molecule has 0 unspecified atom stereocenters. The Labute approximate surface area is 309 Å². The summed E-state index contributed by atoms with van der Waals surface area (Å²) in [6, 6.07) is 20.2. The van der Waals surface area contributed by atoms with Crippen molar-refractivity contribution in [1.29, 1.82) is 0 Å². The summed E-state index contributed by atoms with van der Waals surface area (Å²) in [5.41, 5.74) is 6.73. The van der Waals surface area contributed by atoms with Crippen molar-refractivity contribution in [3.63, 3.8) is 0 Å². The average Bonchev–Trinajstić information content (AvgIpc) is 3.80. The maximum Gasteiger partial charge on any atom is 0.243 e. The molecule has 0 atom stereocenters. The van der Waals surface area contributed by atoms with Crippen LogP contribution >= 0.6 is 0 Å². The number of H-pyrrole nitrogens is 2. The molecule has 1 fully saturated rings. The number of terminal acetylenes is 1. The maximum atomic E-state index is 13.1. The third-order valence-electron chi connectivity index (χ3n) is 9.42. The molecule has 276 valence electrons. The van der Waals surface area contributed by atoms with Crippen molar-refractivity contribution in [2.24, 2.45) is 0 Å². The van der Waals surface area contributed by atoms with Gasteiger partial charge in [0.25, 0.3) is 0 Å². The number of carbonyl (C=O) groups excluding carboxylic acids is 3. The largest absolute Gasteiger partial charge is 0.494 e. The molecule has 2 aromatic heterocycles. The Balaban J connectivity index is 1.05. The van der Waals surface area contributed by atoms with Crippen LogP contribution in [0.1, 0.15) is 26.2 Å². The van der Waals surface area contributed by atoms with E-state index < -0.39 is 0 Å². The van der Waals surface area contributed by atoms with Gasteiger partial charge in [0.2, 0.25) is 17.7 Å². The standard InChI is InChI=1S/C40H47N9O4/c1-5-16-48(26-36(50)41-3)38(52)27-49(17-6-2)37(51)11-8-22-53-31-10-7-9-28(23-31)39-42-32-14-12-29(24-34(32)44-39)40-43-33-15-13-30(25-35(33)45-40)47-20-18-46(4)19-21-47/h1,7,9-10,12-15,23-25H,6,8,11,16-22,26-27H2,2-4H3,(H,41,50)(H,42,44)(H,43,45). The van der Waals surface area contributed by atoms with Crippen LogP contribution in [0.4, 0.5) is 5.69 Å². The van der Waals surface area contributed by atoms with Crippen LogP contribution in [0.15, 0.2) is 60.7 Å². The van der Waals surface area contributed by atoms with Gasteiger partial charge in [0, 0.05) is 63.0 Å². The third-order valence-corrected chi connectivity index (χ3v) is 9.42. The quantitative estimate of drug-likeness (QED) is 0.108. The summed E-state index contributed by atoms with van der Waals surface area (Å²) in [6.07, 6.45) is 6.77. The molecular formula is C40H47N9O4. The van der Waals surface area contributed by atoms with Crippen molar-refractivity contribution in [2.45, 2.75) is 26.2 Å². The molecule has 0 saturated carbocycles. The second-order valence-corrected chi connectivity index (χ2v) is 13.3. The van der Waals surface area contributed by atoms with Crippen LogP contribution in [0.2, 0.25) is 0 Å². The number of carbonyl (C=O) groups is 3. The fourth-order valence-corrected chi connectivity index (χ4v) is 6.41. The number of aromatic nitrogens is 4. The Hall–Kier alpha value is -5.87. The number of fused-ring (bicyclic) bond motifs is 2. The van der Waals surface area contributed by atoms with Crippen molar-refractivity contribution in [3.8, 4) is 40.9 Å². The molecule has 3 heterocycles. The predicted molar refractivity (Wildman–Crippen MR) is 207 cm³/mol. The Kier molecular flexibility index (Phi) is 11.9. The Bertz CT molecular complexity index is 2110. The van der Waals surface area contributed by atoms with Gasteiger partial charge in [-0.3, -0.25) is 14.4 Å². The SMILES string of the molecule is C#CCN(CC(=O)NC)C(=O)CN(CCC)C(=O)CCCOc1cccc(-c2nc3ccc(-c4nc5ccc(N6CCN(C)CC6)cc5[nH]4)cc3[nH]2)c1. The molecule has 3 N–H and O–H groups in total. The summed E-state index contributed by atoms with van der Waals surface area (Å²) in [7, 11) is 3.66. The zero-order chi connectivity index (χ0) is 37.3. The number of piperazine rings is 1. The first-order chi connectivity index (χ1) is 25.7. The fraction of sp³-hybridized carbons (Fsp3) is 0.375. The molecule has 6 rings (SSSR count). The molecule has 1 aliphatic heterocycles. The van der Waals surface area contributed by atoms with Crippen LogP contribution in [-0.2, 0) is 14.4 Å². The van der Waals surface area contributed by atoms with E-state index in [0.717, 1.165) is 71.0 Å².